The first-order valence-corrected chi connectivity index (χ1v) is 23.7. The number of carboxylic acids is 1. The van der Waals surface area contributed by atoms with Crippen molar-refractivity contribution in [1.82, 2.24) is 0 Å². The van der Waals surface area contributed by atoms with Gasteiger partial charge in [0.2, 0.25) is 0 Å². The Morgan fingerprint density at radius 3 is 2.05 bits per heavy atom. The summed E-state index contributed by atoms with van der Waals surface area (Å²) in [6.07, 6.45) is -11.7. The molecule has 8 rings (SSSR count). The summed E-state index contributed by atoms with van der Waals surface area (Å²) in [7, 11) is 0. The highest BCUT2D eigenvalue weighted by molar-refractivity contribution is 5.76. The van der Waals surface area contributed by atoms with Crippen LogP contribution in [0.1, 0.15) is 113 Å². The van der Waals surface area contributed by atoms with Crippen molar-refractivity contribution in [3.63, 3.8) is 0 Å². The molecule has 0 aromatic carbocycles. The van der Waals surface area contributed by atoms with Gasteiger partial charge in [-0.15, -0.1) is 0 Å². The number of aliphatic carboxylic acids is 1. The molecule has 366 valence electrons. The number of hydrogen-bond donors (Lipinski definition) is 10. The lowest BCUT2D eigenvalue weighted by molar-refractivity contribution is -0.372. The number of allylic oxidation sites excluding steroid dienone is 2. The molecule has 0 aromatic heterocycles. The van der Waals surface area contributed by atoms with Gasteiger partial charge in [0.05, 0.1) is 31.3 Å². The third kappa shape index (κ3) is 7.67. The number of rotatable bonds is 9. The average molecular weight is 913 g/mol. The molecule has 3 heterocycles. The quantitative estimate of drug-likeness (QED) is 0.116. The predicted octanol–water partition coefficient (Wildman–Crippen LogP) is 1.35. The number of carboxylic acid groups (broad SMARTS) is 1. The summed E-state index contributed by atoms with van der Waals surface area (Å²) in [5, 5.41) is 107. The van der Waals surface area contributed by atoms with E-state index >= 15 is 0 Å². The van der Waals surface area contributed by atoms with E-state index < -0.39 is 122 Å². The molecule has 4 saturated carbocycles. The standard InChI is InChI=1S/C47H76O17/c1-42(2)14-16-47(41(57)58)17-15-45(6)22(23(47)18-42)8-9-28-44(5)12-11-29(43(3,4)27(44)10-13-46(28,45)7)63-40-36(56)37(32(52)25(19-48)61-40)64-39-35(55)33(53)31(51)26(62-39)21-60-38-34(54)30(50)24(49)20-59-38/h8,23-40,48-56H,9-21H2,1-7H3,(H,57,58). The monoisotopic (exact) mass is 913 g/mol. The summed E-state index contributed by atoms with van der Waals surface area (Å²) in [5.41, 5.74) is 0.0541. The van der Waals surface area contributed by atoms with E-state index in [-0.39, 0.29) is 40.1 Å². The van der Waals surface area contributed by atoms with E-state index in [2.05, 4.69) is 54.5 Å². The van der Waals surface area contributed by atoms with Crippen molar-refractivity contribution in [2.24, 2.45) is 50.2 Å². The van der Waals surface area contributed by atoms with Crippen molar-refractivity contribution in [2.75, 3.05) is 19.8 Å². The van der Waals surface area contributed by atoms with Gasteiger partial charge in [0.25, 0.3) is 0 Å². The molecular formula is C47H76O17. The fraction of sp³-hybridized carbons (Fsp3) is 0.936. The summed E-state index contributed by atoms with van der Waals surface area (Å²) in [6.45, 7) is 14.8. The Hall–Kier alpha value is -1.39. The zero-order valence-electron chi connectivity index (χ0n) is 38.5. The Kier molecular flexibility index (Phi) is 13.2. The van der Waals surface area contributed by atoms with Gasteiger partial charge in [-0.3, -0.25) is 4.79 Å². The number of ether oxygens (including phenoxy) is 6. The second kappa shape index (κ2) is 17.2. The topological polar surface area (TPSA) is 275 Å². The highest BCUT2D eigenvalue weighted by atomic mass is 16.7. The van der Waals surface area contributed by atoms with E-state index in [0.717, 1.165) is 51.4 Å². The third-order valence-electron chi connectivity index (χ3n) is 19.0. The Balaban J connectivity index is 0.974. The molecule has 0 bridgehead atoms. The molecule has 0 spiro atoms. The maximum absolute atomic E-state index is 13.1. The van der Waals surface area contributed by atoms with Crippen LogP contribution in [0.3, 0.4) is 0 Å². The van der Waals surface area contributed by atoms with Crippen LogP contribution in [0.5, 0.6) is 0 Å². The Morgan fingerprint density at radius 2 is 1.36 bits per heavy atom. The second-order valence-electron chi connectivity index (χ2n) is 23.1. The van der Waals surface area contributed by atoms with Gasteiger partial charge in [-0.2, -0.15) is 0 Å². The van der Waals surface area contributed by atoms with Crippen LogP contribution in [0.25, 0.3) is 0 Å². The first-order chi connectivity index (χ1) is 29.9. The van der Waals surface area contributed by atoms with Gasteiger partial charge in [-0.25, -0.2) is 0 Å². The second-order valence-corrected chi connectivity index (χ2v) is 23.1. The van der Waals surface area contributed by atoms with Crippen LogP contribution in [-0.4, -0.2) is 169 Å². The van der Waals surface area contributed by atoms with Crippen LogP contribution in [-0.2, 0) is 33.2 Å². The predicted molar refractivity (Wildman–Crippen MR) is 225 cm³/mol. The normalized spacial score (nSPS) is 53.5. The first-order valence-electron chi connectivity index (χ1n) is 23.7. The molecule has 22 atom stereocenters. The number of hydrogen-bond acceptors (Lipinski definition) is 16. The summed E-state index contributed by atoms with van der Waals surface area (Å²) in [4.78, 5) is 13.1. The first kappa shape index (κ1) is 49.0. The van der Waals surface area contributed by atoms with E-state index in [9.17, 15) is 55.9 Å². The summed E-state index contributed by atoms with van der Waals surface area (Å²) in [6, 6.07) is 0. The SMILES string of the molecule is CC1(C)CCC2(C(=O)O)CCC3(C)C(=CCC4C5(C)CCC(OC6OC(CO)C(O)C(OC7OC(COC8OCC(O)C(O)C8O)C(O)C(O)C7O)C6O)C(C)(C)C5CCC43C)C2C1. The average Bonchev–Trinajstić information content (AvgIpc) is 3.23. The van der Waals surface area contributed by atoms with Crippen LogP contribution in [0.4, 0.5) is 0 Å². The minimum absolute atomic E-state index is 0.0243. The van der Waals surface area contributed by atoms with Crippen LogP contribution < -0.4 is 0 Å². The zero-order valence-corrected chi connectivity index (χ0v) is 38.5. The van der Waals surface area contributed by atoms with Crippen molar-refractivity contribution in [3.8, 4) is 0 Å². The Bertz CT molecular complexity index is 1740. The molecule has 0 radical (unpaired) electrons. The molecule has 3 aliphatic heterocycles. The molecule has 0 aromatic rings. The van der Waals surface area contributed by atoms with Crippen molar-refractivity contribution < 1.29 is 84.3 Å². The van der Waals surface area contributed by atoms with Gasteiger partial charge in [0, 0.05) is 0 Å². The van der Waals surface area contributed by atoms with E-state index in [0.29, 0.717) is 18.8 Å². The van der Waals surface area contributed by atoms with Crippen LogP contribution in [0, 0.1) is 50.2 Å². The summed E-state index contributed by atoms with van der Waals surface area (Å²) >= 11 is 0. The number of aliphatic hydroxyl groups excluding tert-OH is 9. The smallest absolute Gasteiger partial charge is 0.310 e. The van der Waals surface area contributed by atoms with Crippen molar-refractivity contribution in [1.29, 1.82) is 0 Å². The van der Waals surface area contributed by atoms with E-state index in [4.69, 9.17) is 28.4 Å². The van der Waals surface area contributed by atoms with Crippen molar-refractivity contribution in [2.45, 2.75) is 205 Å². The van der Waals surface area contributed by atoms with E-state index in [1.807, 2.05) is 0 Å². The highest BCUT2D eigenvalue weighted by Gasteiger charge is 2.70. The van der Waals surface area contributed by atoms with Gasteiger partial charge in [0.1, 0.15) is 67.1 Å². The lowest BCUT2D eigenvalue weighted by Gasteiger charge is -2.71. The molecule has 8 aliphatic rings. The van der Waals surface area contributed by atoms with Gasteiger partial charge < -0.3 is 79.5 Å². The Labute approximate surface area is 376 Å². The molecule has 17 heteroatoms. The van der Waals surface area contributed by atoms with E-state index in [1.165, 1.54) is 5.57 Å². The number of aliphatic hydroxyl groups is 9. The molecule has 17 nitrogen and oxygen atoms in total. The third-order valence-corrected chi connectivity index (χ3v) is 19.0. The molecule has 64 heavy (non-hydrogen) atoms. The lowest BCUT2D eigenvalue weighted by atomic mass is 9.33. The Morgan fingerprint density at radius 1 is 0.703 bits per heavy atom. The molecular weight excluding hydrogens is 836 g/mol. The highest BCUT2D eigenvalue weighted by Crippen LogP contribution is 2.76. The summed E-state index contributed by atoms with van der Waals surface area (Å²) in [5.74, 6) is -0.0646. The molecule has 7 fully saturated rings. The summed E-state index contributed by atoms with van der Waals surface area (Å²) < 4.78 is 35.3. The van der Waals surface area contributed by atoms with Crippen molar-refractivity contribution in [3.05, 3.63) is 11.6 Å². The maximum Gasteiger partial charge on any atom is 0.310 e. The molecule has 0 amide bonds. The molecule has 5 aliphatic carbocycles. The zero-order chi connectivity index (χ0) is 46.7. The van der Waals surface area contributed by atoms with Gasteiger partial charge in [0.15, 0.2) is 18.9 Å². The van der Waals surface area contributed by atoms with Gasteiger partial charge >= 0.3 is 5.97 Å². The van der Waals surface area contributed by atoms with Crippen LogP contribution in [0.15, 0.2) is 11.6 Å². The minimum atomic E-state index is -1.86. The van der Waals surface area contributed by atoms with Crippen LogP contribution in [0.2, 0.25) is 0 Å². The lowest BCUT2D eigenvalue weighted by Crippen LogP contribution is -2.67. The van der Waals surface area contributed by atoms with Crippen LogP contribution >= 0.6 is 0 Å². The number of carbonyl (C=O) groups is 1. The van der Waals surface area contributed by atoms with Gasteiger partial charge in [-0.05, 0) is 109 Å². The van der Waals surface area contributed by atoms with Gasteiger partial charge in [-0.1, -0.05) is 60.1 Å². The molecule has 3 saturated heterocycles. The fourth-order valence-corrected chi connectivity index (χ4v) is 14.8. The number of fused-ring (bicyclic) bond motifs is 7. The molecule has 22 unspecified atom stereocenters. The molecule has 10 N–H and O–H groups in total. The van der Waals surface area contributed by atoms with E-state index in [1.54, 1.807) is 0 Å². The minimum Gasteiger partial charge on any atom is -0.481 e. The van der Waals surface area contributed by atoms with Crippen molar-refractivity contribution >= 4 is 5.97 Å². The largest absolute Gasteiger partial charge is 0.481 e. The fourth-order valence-electron chi connectivity index (χ4n) is 14.8. The maximum atomic E-state index is 13.1.